The van der Waals surface area contributed by atoms with Crippen LogP contribution < -0.4 is 5.73 Å². The molecule has 2 aromatic rings. The lowest BCUT2D eigenvalue weighted by Gasteiger charge is -2.10. The van der Waals surface area contributed by atoms with Gasteiger partial charge in [0, 0.05) is 23.3 Å². The van der Waals surface area contributed by atoms with Gasteiger partial charge in [-0.25, -0.2) is 0 Å². The normalized spacial score (nSPS) is 12.1. The summed E-state index contributed by atoms with van der Waals surface area (Å²) in [4.78, 5) is 16.1. The number of carbonyl (C=O) groups is 1. The second-order valence-electron chi connectivity index (χ2n) is 4.45. The Kier molecular flexibility index (Phi) is 4.82. The minimum Gasteiger partial charge on any atom is -0.321 e. The fourth-order valence-electron chi connectivity index (χ4n) is 1.87. The summed E-state index contributed by atoms with van der Waals surface area (Å²) in [7, 11) is 0. The monoisotopic (exact) mass is 318 g/mol. The van der Waals surface area contributed by atoms with E-state index in [-0.39, 0.29) is 5.78 Å². The number of hydrogen-bond donors (Lipinski definition) is 1. The lowest BCUT2D eigenvalue weighted by Crippen LogP contribution is -2.33. The van der Waals surface area contributed by atoms with Crippen molar-refractivity contribution >= 4 is 21.7 Å². The van der Waals surface area contributed by atoms with Gasteiger partial charge in [-0.1, -0.05) is 30.3 Å². The molecule has 1 aromatic heterocycles. The van der Waals surface area contributed by atoms with Crippen LogP contribution in [0.15, 0.2) is 53.3 Å². The van der Waals surface area contributed by atoms with Gasteiger partial charge < -0.3 is 5.73 Å². The Labute approximate surface area is 121 Å². The Morgan fingerprint density at radius 2 is 1.95 bits per heavy atom. The van der Waals surface area contributed by atoms with E-state index in [0.29, 0.717) is 12.8 Å². The molecule has 2 rings (SSSR count). The van der Waals surface area contributed by atoms with Gasteiger partial charge in [-0.3, -0.25) is 9.78 Å². The first-order chi connectivity index (χ1) is 9.15. The summed E-state index contributed by atoms with van der Waals surface area (Å²) in [5, 5.41) is 0. The molecule has 0 spiro atoms. The molecule has 4 heteroatoms. The molecule has 19 heavy (non-hydrogen) atoms. The van der Waals surface area contributed by atoms with E-state index >= 15 is 0 Å². The number of rotatable bonds is 5. The van der Waals surface area contributed by atoms with Gasteiger partial charge in [-0.15, -0.1) is 0 Å². The van der Waals surface area contributed by atoms with Crippen molar-refractivity contribution in [3.63, 3.8) is 0 Å². The fraction of sp³-hybridized carbons (Fsp3) is 0.200. The Balaban J connectivity index is 1.96. The summed E-state index contributed by atoms with van der Waals surface area (Å²) < 4.78 is 0.870. The Morgan fingerprint density at radius 3 is 2.63 bits per heavy atom. The van der Waals surface area contributed by atoms with Gasteiger partial charge in [0.25, 0.3) is 0 Å². The molecule has 1 unspecified atom stereocenters. The zero-order valence-electron chi connectivity index (χ0n) is 10.4. The predicted octanol–water partition coefficient (Wildman–Crippen LogP) is 2.53. The fourth-order valence-corrected chi connectivity index (χ4v) is 2.28. The number of carbonyl (C=O) groups excluding carboxylic acids is 1. The molecule has 0 saturated heterocycles. The van der Waals surface area contributed by atoms with Crippen molar-refractivity contribution in [1.29, 1.82) is 0 Å². The van der Waals surface area contributed by atoms with Crippen LogP contribution in [0, 0.1) is 0 Å². The molecule has 0 aliphatic heterocycles. The molecule has 98 valence electrons. The standard InChI is InChI=1S/C15H15BrN2O/c16-13-6-12(9-18-10-13)8-15(19)14(17)7-11-4-2-1-3-5-11/h1-6,9-10,14H,7-8,17H2. The lowest BCUT2D eigenvalue weighted by atomic mass is 9.99. The van der Waals surface area contributed by atoms with Crippen LogP contribution in [0.4, 0.5) is 0 Å². The Bertz CT molecular complexity index is 557. The van der Waals surface area contributed by atoms with E-state index in [0.717, 1.165) is 15.6 Å². The van der Waals surface area contributed by atoms with Crippen molar-refractivity contribution in [2.45, 2.75) is 18.9 Å². The zero-order valence-corrected chi connectivity index (χ0v) is 12.0. The maximum atomic E-state index is 12.1. The third-order valence-electron chi connectivity index (χ3n) is 2.85. The van der Waals surface area contributed by atoms with E-state index in [1.54, 1.807) is 12.4 Å². The second kappa shape index (κ2) is 6.59. The number of halogens is 1. The highest BCUT2D eigenvalue weighted by Crippen LogP contribution is 2.11. The van der Waals surface area contributed by atoms with E-state index < -0.39 is 6.04 Å². The molecule has 1 atom stereocenters. The highest BCUT2D eigenvalue weighted by Gasteiger charge is 2.14. The lowest BCUT2D eigenvalue weighted by molar-refractivity contribution is -0.119. The topological polar surface area (TPSA) is 56.0 Å². The number of ketones is 1. The smallest absolute Gasteiger partial charge is 0.154 e. The minimum atomic E-state index is -0.471. The molecule has 0 fully saturated rings. The number of pyridine rings is 1. The van der Waals surface area contributed by atoms with Crippen LogP contribution in [0.25, 0.3) is 0 Å². The van der Waals surface area contributed by atoms with Gasteiger partial charge in [0.2, 0.25) is 0 Å². The summed E-state index contributed by atoms with van der Waals surface area (Å²) in [6.07, 6.45) is 4.28. The van der Waals surface area contributed by atoms with Gasteiger partial charge in [-0.2, -0.15) is 0 Å². The summed E-state index contributed by atoms with van der Waals surface area (Å²) in [5.41, 5.74) is 7.91. The molecule has 0 aliphatic carbocycles. The number of nitrogens with two attached hydrogens (primary N) is 1. The largest absolute Gasteiger partial charge is 0.321 e. The molecule has 1 heterocycles. The first kappa shape index (κ1) is 13.9. The van der Waals surface area contributed by atoms with Crippen molar-refractivity contribution in [2.24, 2.45) is 5.73 Å². The first-order valence-corrected chi connectivity index (χ1v) is 6.86. The molecular weight excluding hydrogens is 304 g/mol. The summed E-state index contributed by atoms with van der Waals surface area (Å²) in [6, 6.07) is 11.2. The molecule has 3 nitrogen and oxygen atoms in total. The number of Topliss-reactive ketones (excluding diaryl/α,β-unsaturated/α-hetero) is 1. The molecule has 0 radical (unpaired) electrons. The first-order valence-electron chi connectivity index (χ1n) is 6.07. The predicted molar refractivity (Wildman–Crippen MR) is 78.8 cm³/mol. The van der Waals surface area contributed by atoms with Gasteiger partial charge in [0.05, 0.1) is 6.04 Å². The quantitative estimate of drug-likeness (QED) is 0.921. The van der Waals surface area contributed by atoms with Crippen molar-refractivity contribution in [3.05, 3.63) is 64.4 Å². The van der Waals surface area contributed by atoms with E-state index in [9.17, 15) is 4.79 Å². The number of aromatic nitrogens is 1. The van der Waals surface area contributed by atoms with E-state index in [1.807, 2.05) is 36.4 Å². The average Bonchev–Trinajstić information content (AvgIpc) is 2.40. The van der Waals surface area contributed by atoms with E-state index in [1.165, 1.54) is 0 Å². The SMILES string of the molecule is NC(Cc1ccccc1)C(=O)Cc1cncc(Br)c1. The number of benzene rings is 1. The van der Waals surface area contributed by atoms with Crippen molar-refractivity contribution in [2.75, 3.05) is 0 Å². The molecule has 1 aromatic carbocycles. The van der Waals surface area contributed by atoms with Crippen molar-refractivity contribution in [1.82, 2.24) is 4.98 Å². The van der Waals surface area contributed by atoms with Crippen LogP contribution in [0.1, 0.15) is 11.1 Å². The average molecular weight is 319 g/mol. The summed E-state index contributed by atoms with van der Waals surface area (Å²) in [5.74, 6) is 0.0313. The molecule has 2 N–H and O–H groups in total. The van der Waals surface area contributed by atoms with Gasteiger partial charge in [0.15, 0.2) is 5.78 Å². The minimum absolute atomic E-state index is 0.0313. The third kappa shape index (κ3) is 4.26. The Morgan fingerprint density at radius 1 is 1.21 bits per heavy atom. The maximum Gasteiger partial charge on any atom is 0.154 e. The van der Waals surface area contributed by atoms with Crippen LogP contribution in [-0.4, -0.2) is 16.8 Å². The van der Waals surface area contributed by atoms with Crippen LogP contribution >= 0.6 is 15.9 Å². The van der Waals surface area contributed by atoms with Crippen LogP contribution in [-0.2, 0) is 17.6 Å². The van der Waals surface area contributed by atoms with Crippen molar-refractivity contribution in [3.8, 4) is 0 Å². The van der Waals surface area contributed by atoms with Gasteiger partial charge >= 0.3 is 0 Å². The van der Waals surface area contributed by atoms with E-state index in [4.69, 9.17) is 5.73 Å². The van der Waals surface area contributed by atoms with E-state index in [2.05, 4.69) is 20.9 Å². The van der Waals surface area contributed by atoms with Crippen LogP contribution in [0.5, 0.6) is 0 Å². The summed E-state index contributed by atoms with van der Waals surface area (Å²) in [6.45, 7) is 0. The third-order valence-corrected chi connectivity index (χ3v) is 3.29. The highest BCUT2D eigenvalue weighted by molar-refractivity contribution is 9.10. The zero-order chi connectivity index (χ0) is 13.7. The second-order valence-corrected chi connectivity index (χ2v) is 5.37. The van der Waals surface area contributed by atoms with Gasteiger partial charge in [0.1, 0.15) is 0 Å². The number of nitrogens with zero attached hydrogens (tertiary/aromatic N) is 1. The molecule has 0 aliphatic rings. The maximum absolute atomic E-state index is 12.1. The van der Waals surface area contributed by atoms with Crippen LogP contribution in [0.3, 0.4) is 0 Å². The van der Waals surface area contributed by atoms with Crippen LogP contribution in [0.2, 0.25) is 0 Å². The Hall–Kier alpha value is -1.52. The molecule has 0 saturated carbocycles. The van der Waals surface area contributed by atoms with Crippen molar-refractivity contribution < 1.29 is 4.79 Å². The number of hydrogen-bond acceptors (Lipinski definition) is 3. The summed E-state index contributed by atoms with van der Waals surface area (Å²) >= 11 is 3.34. The van der Waals surface area contributed by atoms with Gasteiger partial charge in [-0.05, 0) is 39.5 Å². The highest BCUT2D eigenvalue weighted by atomic mass is 79.9. The molecular formula is C15H15BrN2O. The molecule has 0 amide bonds. The molecule has 0 bridgehead atoms.